The van der Waals surface area contributed by atoms with Crippen LogP contribution in [0.4, 0.5) is 0 Å². The van der Waals surface area contributed by atoms with Crippen LogP contribution in [0, 0.1) is 11.3 Å². The molecule has 0 fully saturated rings. The van der Waals surface area contributed by atoms with Crippen molar-refractivity contribution in [1.82, 2.24) is 0 Å². The number of allylic oxidation sites excluding steroid dienone is 1. The van der Waals surface area contributed by atoms with Crippen LogP contribution in [0.15, 0.2) is 36.4 Å². The molecule has 0 aliphatic rings. The highest BCUT2D eigenvalue weighted by Crippen LogP contribution is 2.32. The number of fused-ring (bicyclic) bond motifs is 1. The van der Waals surface area contributed by atoms with E-state index >= 15 is 0 Å². The number of nitrogens with zero attached hydrogens (tertiary/aromatic N) is 1. The maximum atomic E-state index is 8.60. The summed E-state index contributed by atoms with van der Waals surface area (Å²) in [6.45, 7) is 0. The molecule has 0 unspecified atom stereocenters. The van der Waals surface area contributed by atoms with Crippen LogP contribution >= 0.6 is 0 Å². The monoisotopic (exact) mass is 239 g/mol. The van der Waals surface area contributed by atoms with Crippen molar-refractivity contribution in [2.24, 2.45) is 0 Å². The predicted octanol–water partition coefficient (Wildman–Crippen LogP) is 3.39. The van der Waals surface area contributed by atoms with Gasteiger partial charge in [0.1, 0.15) is 11.5 Å². The molecule has 0 spiro atoms. The minimum atomic E-state index is 0.738. The first kappa shape index (κ1) is 12.0. The lowest BCUT2D eigenvalue weighted by Gasteiger charge is -2.10. The van der Waals surface area contributed by atoms with Crippen molar-refractivity contribution in [3.8, 4) is 17.6 Å². The Balaban J connectivity index is 2.70. The fourth-order valence-corrected chi connectivity index (χ4v) is 1.90. The summed E-state index contributed by atoms with van der Waals surface area (Å²) in [5, 5.41) is 10.6. The Morgan fingerprint density at radius 2 is 1.89 bits per heavy atom. The number of benzene rings is 2. The summed E-state index contributed by atoms with van der Waals surface area (Å²) in [5.41, 5.74) is 0.857. The molecule has 0 N–H and O–H groups in total. The van der Waals surface area contributed by atoms with Gasteiger partial charge in [0.05, 0.1) is 20.3 Å². The van der Waals surface area contributed by atoms with Crippen LogP contribution in [0.1, 0.15) is 5.56 Å². The van der Waals surface area contributed by atoms with Crippen LogP contribution < -0.4 is 9.47 Å². The molecule has 3 heteroatoms. The maximum absolute atomic E-state index is 8.60. The highest BCUT2D eigenvalue weighted by molar-refractivity contribution is 5.92. The fraction of sp³-hybridized carbons (Fsp3) is 0.133. The first-order valence-electron chi connectivity index (χ1n) is 5.51. The Morgan fingerprint density at radius 1 is 1.11 bits per heavy atom. The highest BCUT2D eigenvalue weighted by Gasteiger charge is 2.06. The van der Waals surface area contributed by atoms with Gasteiger partial charge in [-0.05, 0) is 29.7 Å². The molecular weight excluding hydrogens is 226 g/mol. The van der Waals surface area contributed by atoms with E-state index in [9.17, 15) is 0 Å². The van der Waals surface area contributed by atoms with Crippen molar-refractivity contribution in [2.75, 3.05) is 14.2 Å². The second kappa shape index (κ2) is 5.24. The largest absolute Gasteiger partial charge is 0.496 e. The predicted molar refractivity (Wildman–Crippen MR) is 71.7 cm³/mol. The van der Waals surface area contributed by atoms with E-state index in [4.69, 9.17) is 14.7 Å². The van der Waals surface area contributed by atoms with Gasteiger partial charge in [-0.2, -0.15) is 5.26 Å². The topological polar surface area (TPSA) is 42.2 Å². The molecule has 90 valence electrons. The Morgan fingerprint density at radius 3 is 2.56 bits per heavy atom. The number of methoxy groups -OCH3 is 2. The minimum absolute atomic E-state index is 0.738. The van der Waals surface area contributed by atoms with Gasteiger partial charge in [-0.25, -0.2) is 0 Å². The van der Waals surface area contributed by atoms with Crippen LogP contribution in [0.5, 0.6) is 11.5 Å². The van der Waals surface area contributed by atoms with Gasteiger partial charge in [0, 0.05) is 17.0 Å². The second-order valence-electron chi connectivity index (χ2n) is 3.74. The molecule has 3 nitrogen and oxygen atoms in total. The van der Waals surface area contributed by atoms with Crippen molar-refractivity contribution in [1.29, 1.82) is 5.26 Å². The number of hydrogen-bond donors (Lipinski definition) is 0. The zero-order valence-corrected chi connectivity index (χ0v) is 10.3. The summed E-state index contributed by atoms with van der Waals surface area (Å²) in [6, 6.07) is 11.7. The molecule has 0 radical (unpaired) electrons. The van der Waals surface area contributed by atoms with E-state index in [0.29, 0.717) is 0 Å². The normalized spacial score (nSPS) is 10.5. The van der Waals surface area contributed by atoms with Gasteiger partial charge in [-0.3, -0.25) is 0 Å². The molecule has 0 aromatic heterocycles. The van der Waals surface area contributed by atoms with Crippen molar-refractivity contribution < 1.29 is 9.47 Å². The molecule has 2 rings (SSSR count). The smallest absolute Gasteiger partial charge is 0.126 e. The van der Waals surface area contributed by atoms with E-state index in [0.717, 1.165) is 27.8 Å². The Kier molecular flexibility index (Phi) is 3.49. The van der Waals surface area contributed by atoms with Gasteiger partial charge >= 0.3 is 0 Å². The Labute approximate surface area is 106 Å². The standard InChI is InChI=1S/C15H13NO2/c1-17-14-7-3-5-11-10-15(18-2)12(6-4-8-16)9-13(11)14/h3-7,9-10H,1-2H3/b6-4-. The molecular formula is C15H13NO2. The van der Waals surface area contributed by atoms with Crippen molar-refractivity contribution in [3.63, 3.8) is 0 Å². The van der Waals surface area contributed by atoms with Gasteiger partial charge in [0.25, 0.3) is 0 Å². The average Bonchev–Trinajstić information content (AvgIpc) is 2.43. The summed E-state index contributed by atoms with van der Waals surface area (Å²) in [5.74, 6) is 1.55. The van der Waals surface area contributed by atoms with Crippen LogP contribution in [-0.4, -0.2) is 14.2 Å². The third kappa shape index (κ3) is 2.14. The highest BCUT2D eigenvalue weighted by atomic mass is 16.5. The quantitative estimate of drug-likeness (QED) is 0.771. The van der Waals surface area contributed by atoms with Crippen LogP contribution in [0.2, 0.25) is 0 Å². The van der Waals surface area contributed by atoms with E-state index in [1.807, 2.05) is 36.4 Å². The summed E-state index contributed by atoms with van der Waals surface area (Å²) >= 11 is 0. The molecule has 0 amide bonds. The molecule has 0 heterocycles. The first-order valence-corrected chi connectivity index (χ1v) is 5.51. The lowest BCUT2D eigenvalue weighted by atomic mass is 10.0. The first-order chi connectivity index (χ1) is 8.80. The molecule has 0 atom stereocenters. The summed E-state index contributed by atoms with van der Waals surface area (Å²) in [7, 11) is 3.26. The summed E-state index contributed by atoms with van der Waals surface area (Å²) in [6.07, 6.45) is 3.16. The zero-order valence-electron chi connectivity index (χ0n) is 10.3. The number of rotatable bonds is 3. The van der Waals surface area contributed by atoms with Crippen LogP contribution in [-0.2, 0) is 0 Å². The van der Waals surface area contributed by atoms with E-state index in [2.05, 4.69) is 0 Å². The lowest BCUT2D eigenvalue weighted by molar-refractivity contribution is 0.413. The maximum Gasteiger partial charge on any atom is 0.126 e. The van der Waals surface area contributed by atoms with Gasteiger partial charge < -0.3 is 9.47 Å². The SMILES string of the molecule is COc1cc2cccc(OC)c2cc1/C=C\C#N. The summed E-state index contributed by atoms with van der Waals surface area (Å²) in [4.78, 5) is 0. The van der Waals surface area contributed by atoms with E-state index in [1.54, 1.807) is 20.3 Å². The van der Waals surface area contributed by atoms with Crippen LogP contribution in [0.25, 0.3) is 16.8 Å². The molecule has 0 saturated heterocycles. The van der Waals surface area contributed by atoms with Gasteiger partial charge in [0.15, 0.2) is 0 Å². The molecule has 18 heavy (non-hydrogen) atoms. The second-order valence-corrected chi connectivity index (χ2v) is 3.74. The number of hydrogen-bond acceptors (Lipinski definition) is 3. The molecule has 0 bridgehead atoms. The average molecular weight is 239 g/mol. The van der Waals surface area contributed by atoms with Gasteiger partial charge in [-0.1, -0.05) is 12.1 Å². The van der Waals surface area contributed by atoms with Gasteiger partial charge in [-0.15, -0.1) is 0 Å². The number of nitriles is 1. The Bertz CT molecular complexity index is 639. The minimum Gasteiger partial charge on any atom is -0.496 e. The molecule has 0 aliphatic carbocycles. The molecule has 0 saturated carbocycles. The summed E-state index contributed by atoms with van der Waals surface area (Å²) < 4.78 is 10.7. The molecule has 0 aliphatic heterocycles. The van der Waals surface area contributed by atoms with E-state index in [1.165, 1.54) is 6.08 Å². The lowest BCUT2D eigenvalue weighted by Crippen LogP contribution is -1.90. The third-order valence-corrected chi connectivity index (χ3v) is 2.75. The van der Waals surface area contributed by atoms with Gasteiger partial charge in [0.2, 0.25) is 0 Å². The van der Waals surface area contributed by atoms with Crippen LogP contribution in [0.3, 0.4) is 0 Å². The Hall–Kier alpha value is -2.47. The third-order valence-electron chi connectivity index (χ3n) is 2.75. The number of ether oxygens (including phenoxy) is 2. The van der Waals surface area contributed by atoms with Crippen molar-refractivity contribution in [3.05, 3.63) is 42.0 Å². The van der Waals surface area contributed by atoms with E-state index in [-0.39, 0.29) is 0 Å². The molecule has 2 aromatic rings. The zero-order chi connectivity index (χ0) is 13.0. The fourth-order valence-electron chi connectivity index (χ4n) is 1.90. The van der Waals surface area contributed by atoms with Crippen molar-refractivity contribution >= 4 is 16.8 Å². The van der Waals surface area contributed by atoms with Crippen molar-refractivity contribution in [2.45, 2.75) is 0 Å². The molecule has 2 aromatic carbocycles. The van der Waals surface area contributed by atoms with E-state index < -0.39 is 0 Å².